The van der Waals surface area contributed by atoms with E-state index in [4.69, 9.17) is 4.74 Å². The van der Waals surface area contributed by atoms with Crippen LogP contribution in [-0.2, 0) is 6.42 Å². The summed E-state index contributed by atoms with van der Waals surface area (Å²) < 4.78 is 35.3. The lowest BCUT2D eigenvalue weighted by Crippen LogP contribution is -2.22. The maximum Gasteiger partial charge on any atom is 0.261 e. The number of benzene rings is 2. The van der Waals surface area contributed by atoms with Crippen LogP contribution in [0.3, 0.4) is 0 Å². The number of hydrogen-bond acceptors (Lipinski definition) is 4. The molecule has 2 aromatic carbocycles. The van der Waals surface area contributed by atoms with Gasteiger partial charge in [0.25, 0.3) is 5.56 Å². The average molecular weight is 426 g/mol. The van der Waals surface area contributed by atoms with Gasteiger partial charge >= 0.3 is 0 Å². The summed E-state index contributed by atoms with van der Waals surface area (Å²) in [4.78, 5) is 18.3. The predicted molar refractivity (Wildman–Crippen MR) is 114 cm³/mol. The number of rotatable bonds is 5. The van der Waals surface area contributed by atoms with Crippen LogP contribution in [0, 0.1) is 18.6 Å². The van der Waals surface area contributed by atoms with Gasteiger partial charge < -0.3 is 4.74 Å². The number of fused-ring (bicyclic) bond motifs is 1. The normalized spacial score (nSPS) is 12.3. The van der Waals surface area contributed by atoms with Crippen molar-refractivity contribution >= 4 is 16.3 Å². The number of thiazole rings is 1. The second kappa shape index (κ2) is 7.99. The first-order valence-electron chi connectivity index (χ1n) is 9.47. The maximum atomic E-state index is 14.3. The van der Waals surface area contributed by atoms with Gasteiger partial charge in [-0.1, -0.05) is 25.1 Å². The van der Waals surface area contributed by atoms with Crippen LogP contribution in [0.2, 0.25) is 0 Å². The molecule has 0 aliphatic carbocycles. The Kier molecular flexibility index (Phi) is 5.39. The fourth-order valence-corrected chi connectivity index (χ4v) is 4.55. The Hall–Kier alpha value is -3.06. The van der Waals surface area contributed by atoms with Crippen LogP contribution < -0.4 is 10.3 Å². The van der Waals surface area contributed by atoms with E-state index in [0.717, 1.165) is 17.0 Å². The largest absolute Gasteiger partial charge is 0.497 e. The maximum absolute atomic E-state index is 14.3. The molecule has 0 aliphatic heterocycles. The summed E-state index contributed by atoms with van der Waals surface area (Å²) >= 11 is 1.34. The highest BCUT2D eigenvalue weighted by molar-refractivity contribution is 7.15. The van der Waals surface area contributed by atoms with Crippen LogP contribution >= 0.6 is 11.3 Å². The Labute approximate surface area is 176 Å². The molecule has 0 amide bonds. The molecule has 7 heteroatoms. The van der Waals surface area contributed by atoms with E-state index in [1.807, 2.05) is 29.6 Å². The molecule has 154 valence electrons. The van der Waals surface area contributed by atoms with Gasteiger partial charge in [0.2, 0.25) is 0 Å². The fraction of sp³-hybridized carbons (Fsp3) is 0.217. The molecule has 0 bridgehead atoms. The van der Waals surface area contributed by atoms with Gasteiger partial charge in [0.15, 0.2) is 4.96 Å². The van der Waals surface area contributed by atoms with E-state index in [1.54, 1.807) is 25.4 Å². The highest BCUT2D eigenvalue weighted by atomic mass is 32.1. The molecule has 2 aromatic heterocycles. The minimum Gasteiger partial charge on any atom is -0.497 e. The molecular formula is C23H20F2N2O2S. The molecule has 2 heterocycles. The summed E-state index contributed by atoms with van der Waals surface area (Å²) in [5.74, 6) is -1.20. The number of hydrogen-bond donors (Lipinski definition) is 0. The zero-order chi connectivity index (χ0) is 21.4. The Morgan fingerprint density at radius 3 is 2.43 bits per heavy atom. The van der Waals surface area contributed by atoms with Gasteiger partial charge in [0.05, 0.1) is 12.8 Å². The molecule has 0 radical (unpaired) electrons. The van der Waals surface area contributed by atoms with Crippen LogP contribution in [0.15, 0.2) is 52.6 Å². The third kappa shape index (κ3) is 3.50. The van der Waals surface area contributed by atoms with E-state index >= 15 is 0 Å². The van der Waals surface area contributed by atoms with Crippen molar-refractivity contribution in [3.05, 3.63) is 97.9 Å². The van der Waals surface area contributed by atoms with Gasteiger partial charge in [-0.05, 0) is 36.8 Å². The Balaban J connectivity index is 1.77. The van der Waals surface area contributed by atoms with Gasteiger partial charge in [-0.3, -0.25) is 9.20 Å². The highest BCUT2D eigenvalue weighted by Crippen LogP contribution is 2.30. The van der Waals surface area contributed by atoms with E-state index in [2.05, 4.69) is 4.98 Å². The molecule has 4 aromatic rings. The second-order valence-electron chi connectivity index (χ2n) is 7.15. The van der Waals surface area contributed by atoms with Crippen LogP contribution in [-0.4, -0.2) is 16.5 Å². The van der Waals surface area contributed by atoms with Gasteiger partial charge in [-0.25, -0.2) is 13.8 Å². The van der Waals surface area contributed by atoms with Gasteiger partial charge in [-0.2, -0.15) is 0 Å². The molecular weight excluding hydrogens is 406 g/mol. The Bertz CT molecular complexity index is 1260. The zero-order valence-corrected chi connectivity index (χ0v) is 17.6. The topological polar surface area (TPSA) is 43.6 Å². The molecule has 4 nitrogen and oxygen atoms in total. The van der Waals surface area contributed by atoms with Crippen LogP contribution in [0.1, 0.15) is 40.9 Å². The first kappa shape index (κ1) is 20.2. The predicted octanol–water partition coefficient (Wildman–Crippen LogP) is 5.09. The van der Waals surface area contributed by atoms with Crippen molar-refractivity contribution < 1.29 is 13.5 Å². The van der Waals surface area contributed by atoms with Gasteiger partial charge in [0, 0.05) is 34.5 Å². The number of methoxy groups -OCH3 is 1. The van der Waals surface area contributed by atoms with Crippen molar-refractivity contribution in [1.29, 1.82) is 0 Å². The van der Waals surface area contributed by atoms with E-state index in [9.17, 15) is 13.6 Å². The highest BCUT2D eigenvalue weighted by Gasteiger charge is 2.23. The molecule has 4 rings (SSSR count). The number of ether oxygens (including phenoxy) is 1. The van der Waals surface area contributed by atoms with Crippen molar-refractivity contribution in [2.75, 3.05) is 7.11 Å². The standard InChI is InChI=1S/C23H20F2N2O2S/c1-13(20-18(24)5-4-6-19(20)25)21-14(2)22(28)27-16(12-30-23(27)26-21)11-15-7-9-17(29-3)10-8-15/h4-10,12-13H,11H2,1-3H3. The van der Waals surface area contributed by atoms with Crippen LogP contribution in [0.5, 0.6) is 5.75 Å². The summed E-state index contributed by atoms with van der Waals surface area (Å²) in [5, 5.41) is 1.89. The van der Waals surface area contributed by atoms with E-state index < -0.39 is 17.6 Å². The molecule has 0 N–H and O–H groups in total. The third-order valence-corrected chi connectivity index (χ3v) is 6.16. The molecule has 1 atom stereocenters. The molecule has 0 spiro atoms. The average Bonchev–Trinajstić information content (AvgIpc) is 3.13. The van der Waals surface area contributed by atoms with Crippen molar-refractivity contribution in [3.63, 3.8) is 0 Å². The molecule has 0 saturated heterocycles. The quantitative estimate of drug-likeness (QED) is 0.446. The molecule has 0 aliphatic rings. The lowest BCUT2D eigenvalue weighted by atomic mass is 9.94. The minimum atomic E-state index is -0.684. The number of aromatic nitrogens is 2. The van der Waals surface area contributed by atoms with Crippen molar-refractivity contribution in [2.24, 2.45) is 0 Å². The summed E-state index contributed by atoms with van der Waals surface area (Å²) in [6.07, 6.45) is 0.557. The molecule has 30 heavy (non-hydrogen) atoms. The Morgan fingerprint density at radius 1 is 1.13 bits per heavy atom. The third-order valence-electron chi connectivity index (χ3n) is 5.29. The summed E-state index contributed by atoms with van der Waals surface area (Å²) in [5.41, 5.74) is 2.33. The first-order chi connectivity index (χ1) is 14.4. The smallest absolute Gasteiger partial charge is 0.261 e. The molecule has 1 unspecified atom stereocenters. The lowest BCUT2D eigenvalue weighted by molar-refractivity contribution is 0.414. The fourth-order valence-electron chi connectivity index (χ4n) is 3.66. The lowest BCUT2D eigenvalue weighted by Gasteiger charge is -2.16. The number of nitrogens with zero attached hydrogens (tertiary/aromatic N) is 2. The van der Waals surface area contributed by atoms with Gasteiger partial charge in [-0.15, -0.1) is 11.3 Å². The summed E-state index contributed by atoms with van der Waals surface area (Å²) in [7, 11) is 1.61. The first-order valence-corrected chi connectivity index (χ1v) is 10.3. The molecule has 0 fully saturated rings. The van der Waals surface area contributed by atoms with E-state index in [-0.39, 0.29) is 11.1 Å². The Morgan fingerprint density at radius 2 is 1.80 bits per heavy atom. The molecule has 0 saturated carbocycles. The summed E-state index contributed by atoms with van der Waals surface area (Å²) in [6.45, 7) is 3.32. The monoisotopic (exact) mass is 426 g/mol. The zero-order valence-electron chi connectivity index (χ0n) is 16.8. The second-order valence-corrected chi connectivity index (χ2v) is 7.99. The van der Waals surface area contributed by atoms with E-state index in [0.29, 0.717) is 22.6 Å². The van der Waals surface area contributed by atoms with E-state index in [1.165, 1.54) is 29.5 Å². The van der Waals surface area contributed by atoms with Gasteiger partial charge in [0.1, 0.15) is 17.4 Å². The van der Waals surface area contributed by atoms with Crippen molar-refractivity contribution in [3.8, 4) is 5.75 Å². The van der Waals surface area contributed by atoms with Crippen LogP contribution in [0.25, 0.3) is 4.96 Å². The minimum absolute atomic E-state index is 0.0770. The van der Waals surface area contributed by atoms with Crippen LogP contribution in [0.4, 0.5) is 8.78 Å². The number of halogens is 2. The van der Waals surface area contributed by atoms with Crippen molar-refractivity contribution in [1.82, 2.24) is 9.38 Å². The van der Waals surface area contributed by atoms with Crippen molar-refractivity contribution in [2.45, 2.75) is 26.2 Å². The SMILES string of the molecule is COc1ccc(Cc2csc3nc(C(C)c4c(F)cccc4F)c(C)c(=O)n23)cc1. The summed E-state index contributed by atoms with van der Waals surface area (Å²) in [6, 6.07) is 11.4.